The molecule has 0 fully saturated rings. The lowest BCUT2D eigenvalue weighted by Crippen LogP contribution is -2.23. The average Bonchev–Trinajstić information content (AvgIpc) is 3.43. The van der Waals surface area contributed by atoms with E-state index in [-0.39, 0.29) is 11.4 Å². The second-order valence-electron chi connectivity index (χ2n) is 6.24. The van der Waals surface area contributed by atoms with Gasteiger partial charge in [-0.3, -0.25) is 0 Å². The van der Waals surface area contributed by atoms with Crippen molar-refractivity contribution in [3.05, 3.63) is 83.9 Å². The summed E-state index contributed by atoms with van der Waals surface area (Å²) in [5, 5.41) is 6.46. The molecule has 0 aliphatic carbocycles. The van der Waals surface area contributed by atoms with Gasteiger partial charge in [0.05, 0.1) is 23.9 Å². The van der Waals surface area contributed by atoms with E-state index >= 15 is 0 Å². The maximum atomic E-state index is 13.2. The lowest BCUT2D eigenvalue weighted by atomic mass is 10.2. The molecule has 0 saturated heterocycles. The predicted octanol–water partition coefficient (Wildman–Crippen LogP) is 4.09. The Balaban J connectivity index is 1.71. The number of ether oxygens (including phenoxy) is 1. The fourth-order valence-electron chi connectivity index (χ4n) is 2.95. The first-order valence-corrected chi connectivity index (χ1v) is 11.3. The summed E-state index contributed by atoms with van der Waals surface area (Å²) in [6.45, 7) is 0.118. The van der Waals surface area contributed by atoms with Crippen molar-refractivity contribution in [2.45, 2.75) is 11.4 Å². The van der Waals surface area contributed by atoms with Gasteiger partial charge in [0, 0.05) is 12.1 Å². The minimum Gasteiger partial charge on any atom is -0.496 e. The fraction of sp³-hybridized carbons (Fsp3) is 0.0952. The van der Waals surface area contributed by atoms with Crippen LogP contribution in [0.1, 0.15) is 5.56 Å². The van der Waals surface area contributed by atoms with Crippen LogP contribution in [0.25, 0.3) is 16.3 Å². The molecule has 0 aliphatic heterocycles. The van der Waals surface area contributed by atoms with Gasteiger partial charge in [0.2, 0.25) is 10.0 Å². The molecule has 0 radical (unpaired) electrons. The van der Waals surface area contributed by atoms with E-state index < -0.39 is 10.0 Å². The van der Waals surface area contributed by atoms with Gasteiger partial charge in [0.25, 0.3) is 0 Å². The van der Waals surface area contributed by atoms with Crippen LogP contribution in [0.4, 0.5) is 0 Å². The average molecular weight is 426 g/mol. The second-order valence-corrected chi connectivity index (χ2v) is 8.92. The number of thiophene rings is 1. The zero-order chi connectivity index (χ0) is 20.3. The van der Waals surface area contributed by atoms with Crippen molar-refractivity contribution in [1.82, 2.24) is 14.5 Å². The van der Waals surface area contributed by atoms with Crippen LogP contribution >= 0.6 is 11.3 Å². The van der Waals surface area contributed by atoms with Crippen molar-refractivity contribution in [3.8, 4) is 22.0 Å². The Kier molecular flexibility index (Phi) is 5.48. The monoisotopic (exact) mass is 425 g/mol. The van der Waals surface area contributed by atoms with E-state index in [1.807, 2.05) is 66.0 Å². The third-order valence-electron chi connectivity index (χ3n) is 4.39. The van der Waals surface area contributed by atoms with Gasteiger partial charge in [-0.25, -0.2) is 17.8 Å². The highest BCUT2D eigenvalue weighted by Crippen LogP contribution is 2.31. The molecule has 148 valence electrons. The zero-order valence-corrected chi connectivity index (χ0v) is 17.3. The van der Waals surface area contributed by atoms with Crippen LogP contribution in [-0.2, 0) is 16.6 Å². The Morgan fingerprint density at radius 2 is 1.79 bits per heavy atom. The number of nitrogens with one attached hydrogen (secondary N) is 1. The lowest BCUT2D eigenvalue weighted by Gasteiger charge is -2.10. The van der Waals surface area contributed by atoms with Gasteiger partial charge >= 0.3 is 0 Å². The summed E-state index contributed by atoms with van der Waals surface area (Å²) in [5.41, 5.74) is 1.97. The van der Waals surface area contributed by atoms with E-state index in [9.17, 15) is 8.42 Å². The van der Waals surface area contributed by atoms with Crippen molar-refractivity contribution in [2.24, 2.45) is 0 Å². The van der Waals surface area contributed by atoms with Gasteiger partial charge in [0.15, 0.2) is 0 Å². The van der Waals surface area contributed by atoms with E-state index in [1.165, 1.54) is 11.3 Å². The Labute approximate surface area is 173 Å². The van der Waals surface area contributed by atoms with Gasteiger partial charge in [-0.05, 0) is 29.6 Å². The van der Waals surface area contributed by atoms with Crippen LogP contribution in [0.2, 0.25) is 0 Å². The molecule has 2 aromatic heterocycles. The molecule has 4 rings (SSSR count). The van der Waals surface area contributed by atoms with Crippen LogP contribution in [0.15, 0.2) is 83.2 Å². The molecule has 0 amide bonds. The van der Waals surface area contributed by atoms with Crippen molar-refractivity contribution in [2.75, 3.05) is 7.11 Å². The first-order chi connectivity index (χ1) is 14.1. The summed E-state index contributed by atoms with van der Waals surface area (Å²) < 4.78 is 35.9. The highest BCUT2D eigenvalue weighted by Gasteiger charge is 2.25. The Hall–Kier alpha value is -2.94. The number of hydrogen-bond donors (Lipinski definition) is 1. The molecule has 0 unspecified atom stereocenters. The number of benzene rings is 2. The quantitative estimate of drug-likeness (QED) is 0.484. The molecular weight excluding hydrogens is 406 g/mol. The van der Waals surface area contributed by atoms with Crippen molar-refractivity contribution in [3.63, 3.8) is 0 Å². The van der Waals surface area contributed by atoms with Crippen LogP contribution in [0.5, 0.6) is 5.75 Å². The van der Waals surface area contributed by atoms with Crippen LogP contribution < -0.4 is 9.46 Å². The van der Waals surface area contributed by atoms with Crippen LogP contribution in [-0.4, -0.2) is 25.3 Å². The van der Waals surface area contributed by atoms with Gasteiger partial charge in [-0.15, -0.1) is 11.3 Å². The molecule has 0 bridgehead atoms. The number of para-hydroxylation sites is 2. The number of sulfonamides is 1. The molecule has 0 aliphatic rings. The van der Waals surface area contributed by atoms with Crippen LogP contribution in [0, 0.1) is 0 Å². The number of methoxy groups -OCH3 is 1. The molecule has 0 saturated carbocycles. The van der Waals surface area contributed by atoms with Gasteiger partial charge in [0.1, 0.15) is 16.3 Å². The molecule has 0 atom stereocenters. The zero-order valence-electron chi connectivity index (χ0n) is 15.6. The lowest BCUT2D eigenvalue weighted by molar-refractivity contribution is 0.409. The van der Waals surface area contributed by atoms with Gasteiger partial charge in [-0.1, -0.05) is 42.5 Å². The van der Waals surface area contributed by atoms with E-state index in [2.05, 4.69) is 9.82 Å². The summed E-state index contributed by atoms with van der Waals surface area (Å²) in [7, 11) is -2.25. The topological polar surface area (TPSA) is 73.2 Å². The third kappa shape index (κ3) is 4.09. The minimum absolute atomic E-state index is 0.118. The molecule has 0 spiro atoms. The van der Waals surface area contributed by atoms with E-state index in [4.69, 9.17) is 4.74 Å². The third-order valence-corrected chi connectivity index (χ3v) is 6.67. The standard InChI is InChI=1S/C21H19N3O3S2/c1-27-18-11-6-5-8-16(18)14-22-29(25,26)20-15-24(17-9-3-2-4-10-17)23-21(20)19-12-7-13-28-19/h2-13,15,22H,14H2,1H3. The molecule has 1 N–H and O–H groups in total. The van der Waals surface area contributed by atoms with Gasteiger partial charge in [-0.2, -0.15) is 5.10 Å². The molecule has 4 aromatic rings. The molecule has 6 nitrogen and oxygen atoms in total. The van der Waals surface area contributed by atoms with Crippen molar-refractivity contribution in [1.29, 1.82) is 0 Å². The summed E-state index contributed by atoms with van der Waals surface area (Å²) in [5.74, 6) is 0.633. The summed E-state index contributed by atoms with van der Waals surface area (Å²) in [6, 6.07) is 20.5. The van der Waals surface area contributed by atoms with Gasteiger partial charge < -0.3 is 4.74 Å². The normalized spacial score (nSPS) is 11.5. The van der Waals surface area contributed by atoms with Crippen molar-refractivity contribution >= 4 is 21.4 Å². The van der Waals surface area contributed by atoms with E-state index in [1.54, 1.807) is 24.1 Å². The predicted molar refractivity (Wildman–Crippen MR) is 114 cm³/mol. The SMILES string of the molecule is COc1ccccc1CNS(=O)(=O)c1cn(-c2ccccc2)nc1-c1cccs1. The molecule has 2 heterocycles. The molecule has 2 aromatic carbocycles. The minimum atomic E-state index is -3.81. The largest absolute Gasteiger partial charge is 0.496 e. The number of rotatable bonds is 7. The molecular formula is C21H19N3O3S2. The number of aromatic nitrogens is 2. The maximum absolute atomic E-state index is 13.2. The molecule has 29 heavy (non-hydrogen) atoms. The first kappa shape index (κ1) is 19.4. The van der Waals surface area contributed by atoms with E-state index in [0.29, 0.717) is 11.4 Å². The highest BCUT2D eigenvalue weighted by atomic mass is 32.2. The molecule has 8 heteroatoms. The highest BCUT2D eigenvalue weighted by molar-refractivity contribution is 7.89. The Morgan fingerprint density at radius 3 is 2.52 bits per heavy atom. The summed E-state index contributed by atoms with van der Waals surface area (Å²) in [6.07, 6.45) is 1.55. The smallest absolute Gasteiger partial charge is 0.244 e. The Bertz CT molecular complexity index is 1200. The summed E-state index contributed by atoms with van der Waals surface area (Å²) in [4.78, 5) is 0.927. The Morgan fingerprint density at radius 1 is 1.03 bits per heavy atom. The van der Waals surface area contributed by atoms with E-state index in [0.717, 1.165) is 16.1 Å². The first-order valence-electron chi connectivity index (χ1n) is 8.89. The van der Waals surface area contributed by atoms with Crippen LogP contribution in [0.3, 0.4) is 0 Å². The number of nitrogens with zero attached hydrogens (tertiary/aromatic N) is 2. The van der Waals surface area contributed by atoms with Crippen molar-refractivity contribution < 1.29 is 13.2 Å². The second kappa shape index (κ2) is 8.20. The fourth-order valence-corrected chi connectivity index (χ4v) is 4.88. The number of hydrogen-bond acceptors (Lipinski definition) is 5. The maximum Gasteiger partial charge on any atom is 0.244 e. The summed E-state index contributed by atoms with van der Waals surface area (Å²) >= 11 is 1.45.